The summed E-state index contributed by atoms with van der Waals surface area (Å²) in [7, 11) is 2.08. The van der Waals surface area contributed by atoms with Gasteiger partial charge in [-0.2, -0.15) is 0 Å². The lowest BCUT2D eigenvalue weighted by molar-refractivity contribution is -0.127. The molecule has 0 radical (unpaired) electrons. The van der Waals surface area contributed by atoms with Gasteiger partial charge in [-0.1, -0.05) is 0 Å². The van der Waals surface area contributed by atoms with Crippen molar-refractivity contribution in [3.63, 3.8) is 0 Å². The van der Waals surface area contributed by atoms with Crippen molar-refractivity contribution in [1.29, 1.82) is 0 Å². The summed E-state index contributed by atoms with van der Waals surface area (Å²) in [4.78, 5) is 27.2. The standard InChI is InChI=1S/C15H28N4O3/c1-18-8-9-22-13(12-18)10-16-11-14(20)17-5-3-7-19-6-2-4-15(19)21/h13,16H,2-12H2,1H3,(H,17,20)/t13-/m1/s1. The molecule has 1 atom stereocenters. The zero-order valence-electron chi connectivity index (χ0n) is 13.5. The molecule has 2 aliphatic heterocycles. The van der Waals surface area contributed by atoms with Gasteiger partial charge in [-0.05, 0) is 19.9 Å². The number of ether oxygens (including phenoxy) is 1. The molecule has 0 aromatic rings. The first kappa shape index (κ1) is 17.2. The Morgan fingerprint density at radius 2 is 2.27 bits per heavy atom. The molecule has 2 saturated heterocycles. The fourth-order valence-electron chi connectivity index (χ4n) is 2.84. The van der Waals surface area contributed by atoms with Crippen LogP contribution in [0.1, 0.15) is 19.3 Å². The lowest BCUT2D eigenvalue weighted by Crippen LogP contribution is -2.46. The number of carbonyl (C=O) groups excluding carboxylic acids is 2. The van der Waals surface area contributed by atoms with Gasteiger partial charge in [0.2, 0.25) is 11.8 Å². The maximum Gasteiger partial charge on any atom is 0.233 e. The quantitative estimate of drug-likeness (QED) is 0.565. The van der Waals surface area contributed by atoms with E-state index in [-0.39, 0.29) is 17.9 Å². The highest BCUT2D eigenvalue weighted by Crippen LogP contribution is 2.09. The van der Waals surface area contributed by atoms with Crippen molar-refractivity contribution in [3.8, 4) is 0 Å². The monoisotopic (exact) mass is 312 g/mol. The Morgan fingerprint density at radius 3 is 3.00 bits per heavy atom. The number of amides is 2. The molecule has 2 rings (SSSR count). The van der Waals surface area contributed by atoms with Gasteiger partial charge in [0.05, 0.1) is 19.3 Å². The molecule has 0 aliphatic carbocycles. The van der Waals surface area contributed by atoms with Crippen molar-refractivity contribution in [1.82, 2.24) is 20.4 Å². The fourth-order valence-corrected chi connectivity index (χ4v) is 2.84. The average Bonchev–Trinajstić information content (AvgIpc) is 2.89. The summed E-state index contributed by atoms with van der Waals surface area (Å²) < 4.78 is 5.62. The van der Waals surface area contributed by atoms with Crippen molar-refractivity contribution < 1.29 is 14.3 Å². The molecular formula is C15H28N4O3. The smallest absolute Gasteiger partial charge is 0.233 e. The average molecular weight is 312 g/mol. The number of carbonyl (C=O) groups is 2. The van der Waals surface area contributed by atoms with Crippen LogP contribution >= 0.6 is 0 Å². The fraction of sp³-hybridized carbons (Fsp3) is 0.867. The van der Waals surface area contributed by atoms with E-state index in [0.717, 1.165) is 45.6 Å². The van der Waals surface area contributed by atoms with Crippen LogP contribution in [0, 0.1) is 0 Å². The first-order valence-electron chi connectivity index (χ1n) is 8.20. The highest BCUT2D eigenvalue weighted by Gasteiger charge is 2.19. The van der Waals surface area contributed by atoms with Gasteiger partial charge in [-0.3, -0.25) is 9.59 Å². The van der Waals surface area contributed by atoms with Crippen LogP contribution in [0.15, 0.2) is 0 Å². The summed E-state index contributed by atoms with van der Waals surface area (Å²) in [6.07, 6.45) is 2.61. The highest BCUT2D eigenvalue weighted by molar-refractivity contribution is 5.78. The van der Waals surface area contributed by atoms with E-state index in [1.165, 1.54) is 0 Å². The Labute approximate surface area is 132 Å². The van der Waals surface area contributed by atoms with Crippen LogP contribution in [0.4, 0.5) is 0 Å². The molecule has 126 valence electrons. The predicted molar refractivity (Wildman–Crippen MR) is 83.5 cm³/mol. The predicted octanol–water partition coefficient (Wildman–Crippen LogP) is -0.965. The third-order valence-electron chi connectivity index (χ3n) is 4.10. The van der Waals surface area contributed by atoms with Crippen LogP contribution in [0.3, 0.4) is 0 Å². The zero-order valence-corrected chi connectivity index (χ0v) is 13.5. The first-order chi connectivity index (χ1) is 10.6. The number of nitrogens with one attached hydrogen (secondary N) is 2. The molecule has 2 fully saturated rings. The summed E-state index contributed by atoms with van der Waals surface area (Å²) in [6.45, 7) is 5.86. The summed E-state index contributed by atoms with van der Waals surface area (Å²) in [5.41, 5.74) is 0. The Balaban J connectivity index is 1.46. The van der Waals surface area contributed by atoms with Gasteiger partial charge < -0.3 is 25.2 Å². The minimum atomic E-state index is -0.00286. The van der Waals surface area contributed by atoms with Crippen LogP contribution < -0.4 is 10.6 Å². The van der Waals surface area contributed by atoms with Gasteiger partial charge >= 0.3 is 0 Å². The van der Waals surface area contributed by atoms with Crippen molar-refractivity contribution in [3.05, 3.63) is 0 Å². The second kappa shape index (κ2) is 9.07. The molecule has 0 unspecified atom stereocenters. The molecule has 0 spiro atoms. The van der Waals surface area contributed by atoms with E-state index in [0.29, 0.717) is 26.1 Å². The molecule has 22 heavy (non-hydrogen) atoms. The van der Waals surface area contributed by atoms with Gasteiger partial charge in [0.25, 0.3) is 0 Å². The number of morpholine rings is 1. The first-order valence-corrected chi connectivity index (χ1v) is 8.20. The zero-order chi connectivity index (χ0) is 15.8. The molecule has 2 N–H and O–H groups in total. The second-order valence-corrected chi connectivity index (χ2v) is 6.07. The van der Waals surface area contributed by atoms with Crippen LogP contribution in [-0.2, 0) is 14.3 Å². The molecular weight excluding hydrogens is 284 g/mol. The van der Waals surface area contributed by atoms with E-state index < -0.39 is 0 Å². The number of likely N-dealkylation sites (N-methyl/N-ethyl adjacent to an activating group) is 1. The van der Waals surface area contributed by atoms with Crippen LogP contribution in [-0.4, -0.2) is 87.2 Å². The van der Waals surface area contributed by atoms with Crippen molar-refractivity contribution in [2.45, 2.75) is 25.4 Å². The Bertz CT molecular complexity index is 378. The van der Waals surface area contributed by atoms with E-state index in [4.69, 9.17) is 4.74 Å². The summed E-state index contributed by atoms with van der Waals surface area (Å²) in [5.74, 6) is 0.238. The lowest BCUT2D eigenvalue weighted by Gasteiger charge is -2.30. The van der Waals surface area contributed by atoms with Crippen molar-refractivity contribution in [2.75, 3.05) is 59.5 Å². The number of hydrogen-bond donors (Lipinski definition) is 2. The van der Waals surface area contributed by atoms with Crippen LogP contribution in [0.25, 0.3) is 0 Å². The Kier molecular flexibility index (Phi) is 7.08. The number of hydrogen-bond acceptors (Lipinski definition) is 5. The molecule has 2 aliphatic rings. The van der Waals surface area contributed by atoms with E-state index >= 15 is 0 Å². The normalized spacial score (nSPS) is 23.0. The number of likely N-dealkylation sites (tertiary alicyclic amines) is 1. The van der Waals surface area contributed by atoms with E-state index in [1.54, 1.807) is 0 Å². The highest BCUT2D eigenvalue weighted by atomic mass is 16.5. The van der Waals surface area contributed by atoms with E-state index in [2.05, 4.69) is 22.6 Å². The van der Waals surface area contributed by atoms with Gasteiger partial charge in [-0.25, -0.2) is 0 Å². The lowest BCUT2D eigenvalue weighted by atomic mass is 10.3. The van der Waals surface area contributed by atoms with Crippen LogP contribution in [0.2, 0.25) is 0 Å². The number of nitrogens with zero attached hydrogens (tertiary/aromatic N) is 2. The minimum absolute atomic E-state index is 0.00286. The van der Waals surface area contributed by atoms with Gasteiger partial charge in [0.15, 0.2) is 0 Å². The third-order valence-corrected chi connectivity index (χ3v) is 4.10. The molecule has 7 nitrogen and oxygen atoms in total. The van der Waals surface area contributed by atoms with Gasteiger partial charge in [-0.15, -0.1) is 0 Å². The maximum atomic E-state index is 11.7. The molecule has 0 bridgehead atoms. The van der Waals surface area contributed by atoms with Crippen LogP contribution in [0.5, 0.6) is 0 Å². The summed E-state index contributed by atoms with van der Waals surface area (Å²) >= 11 is 0. The van der Waals surface area contributed by atoms with Gasteiger partial charge in [0.1, 0.15) is 0 Å². The SMILES string of the molecule is CN1CCO[C@H](CNCC(=O)NCCCN2CCCC2=O)C1. The second-order valence-electron chi connectivity index (χ2n) is 6.07. The molecule has 2 amide bonds. The van der Waals surface area contributed by atoms with Crippen molar-refractivity contribution in [2.24, 2.45) is 0 Å². The van der Waals surface area contributed by atoms with E-state index in [1.807, 2.05) is 4.90 Å². The maximum absolute atomic E-state index is 11.7. The molecule has 7 heteroatoms. The molecule has 0 saturated carbocycles. The summed E-state index contributed by atoms with van der Waals surface area (Å²) in [5, 5.41) is 6.01. The Morgan fingerprint density at radius 1 is 1.41 bits per heavy atom. The van der Waals surface area contributed by atoms with E-state index in [9.17, 15) is 9.59 Å². The topological polar surface area (TPSA) is 73.9 Å². The molecule has 0 aromatic carbocycles. The number of rotatable bonds is 8. The van der Waals surface area contributed by atoms with Gasteiger partial charge in [0, 0.05) is 45.7 Å². The molecule has 2 heterocycles. The summed E-state index contributed by atoms with van der Waals surface area (Å²) in [6, 6.07) is 0. The third kappa shape index (κ3) is 5.90. The largest absolute Gasteiger partial charge is 0.374 e. The Hall–Kier alpha value is -1.18. The minimum Gasteiger partial charge on any atom is -0.374 e. The van der Waals surface area contributed by atoms with Crippen molar-refractivity contribution >= 4 is 11.8 Å². The molecule has 0 aromatic heterocycles.